The van der Waals surface area contributed by atoms with Crippen molar-refractivity contribution in [3.05, 3.63) is 47.0 Å². The van der Waals surface area contributed by atoms with E-state index in [0.29, 0.717) is 16.4 Å². The SMILES string of the molecule is CN(Cc1ncc[nH]1)S(=O)(=O)c1ccc(CN)c(Cl)c1. The van der Waals surface area contributed by atoms with Gasteiger partial charge >= 0.3 is 0 Å². The van der Waals surface area contributed by atoms with Crippen molar-refractivity contribution in [2.24, 2.45) is 5.73 Å². The molecule has 2 rings (SSSR count). The Labute approximate surface area is 122 Å². The van der Waals surface area contributed by atoms with Gasteiger partial charge in [-0.2, -0.15) is 4.31 Å². The molecule has 0 fully saturated rings. The fourth-order valence-corrected chi connectivity index (χ4v) is 3.20. The first-order valence-electron chi connectivity index (χ1n) is 5.88. The fraction of sp³-hybridized carbons (Fsp3) is 0.250. The van der Waals surface area contributed by atoms with Gasteiger partial charge in [0.25, 0.3) is 0 Å². The summed E-state index contributed by atoms with van der Waals surface area (Å²) in [5, 5.41) is 0.347. The van der Waals surface area contributed by atoms with Crippen molar-refractivity contribution in [3.8, 4) is 0 Å². The Morgan fingerprint density at radius 2 is 2.20 bits per heavy atom. The normalized spacial score (nSPS) is 12.0. The Hall–Kier alpha value is -1.41. The fourth-order valence-electron chi connectivity index (χ4n) is 1.71. The number of imidazole rings is 1. The summed E-state index contributed by atoms with van der Waals surface area (Å²) in [5.41, 5.74) is 6.21. The highest BCUT2D eigenvalue weighted by Crippen LogP contribution is 2.23. The van der Waals surface area contributed by atoms with Gasteiger partial charge in [-0.05, 0) is 17.7 Å². The maximum Gasteiger partial charge on any atom is 0.243 e. The van der Waals surface area contributed by atoms with Crippen LogP contribution >= 0.6 is 11.6 Å². The number of nitrogens with two attached hydrogens (primary N) is 1. The minimum atomic E-state index is -3.61. The van der Waals surface area contributed by atoms with Gasteiger partial charge in [0.1, 0.15) is 5.82 Å². The number of halogens is 1. The summed E-state index contributed by atoms with van der Waals surface area (Å²) in [6, 6.07) is 4.54. The molecule has 0 aliphatic rings. The summed E-state index contributed by atoms with van der Waals surface area (Å²) < 4.78 is 26.0. The average Bonchev–Trinajstić information content (AvgIpc) is 2.91. The van der Waals surface area contributed by atoms with Gasteiger partial charge in [-0.15, -0.1) is 0 Å². The summed E-state index contributed by atoms with van der Waals surface area (Å²) in [6.07, 6.45) is 3.21. The molecule has 0 bridgehead atoms. The van der Waals surface area contributed by atoms with Crippen LogP contribution in [-0.2, 0) is 23.1 Å². The van der Waals surface area contributed by atoms with E-state index in [1.165, 1.54) is 23.5 Å². The van der Waals surface area contributed by atoms with Gasteiger partial charge < -0.3 is 10.7 Å². The van der Waals surface area contributed by atoms with Crippen LogP contribution in [0.15, 0.2) is 35.5 Å². The minimum absolute atomic E-state index is 0.133. The van der Waals surface area contributed by atoms with Gasteiger partial charge in [0.15, 0.2) is 0 Å². The molecule has 0 saturated carbocycles. The van der Waals surface area contributed by atoms with Gasteiger partial charge in [-0.1, -0.05) is 17.7 Å². The van der Waals surface area contributed by atoms with Crippen LogP contribution in [0, 0.1) is 0 Å². The number of nitrogens with one attached hydrogen (secondary N) is 1. The molecule has 0 unspecified atom stereocenters. The molecular weight excluding hydrogens is 300 g/mol. The summed E-state index contributed by atoms with van der Waals surface area (Å²) in [5.74, 6) is 0.570. The topological polar surface area (TPSA) is 92.1 Å². The molecule has 8 heteroatoms. The van der Waals surface area contributed by atoms with Crippen molar-refractivity contribution in [3.63, 3.8) is 0 Å². The first-order chi connectivity index (χ1) is 9.45. The van der Waals surface area contributed by atoms with Gasteiger partial charge in [-0.3, -0.25) is 0 Å². The summed E-state index contributed by atoms with van der Waals surface area (Å²) in [4.78, 5) is 7.00. The lowest BCUT2D eigenvalue weighted by Gasteiger charge is -2.16. The number of sulfonamides is 1. The lowest BCUT2D eigenvalue weighted by Crippen LogP contribution is -2.27. The third-order valence-corrected chi connectivity index (χ3v) is 5.03. The van der Waals surface area contributed by atoms with Crippen molar-refractivity contribution >= 4 is 21.6 Å². The molecule has 0 saturated heterocycles. The second-order valence-corrected chi connectivity index (χ2v) is 6.71. The molecule has 1 aromatic carbocycles. The van der Waals surface area contributed by atoms with Gasteiger partial charge in [-0.25, -0.2) is 13.4 Å². The molecule has 20 heavy (non-hydrogen) atoms. The predicted octanol–water partition coefficient (Wildman–Crippen LogP) is 1.34. The van der Waals surface area contributed by atoms with Gasteiger partial charge in [0, 0.05) is 31.0 Å². The molecule has 0 atom stereocenters. The Balaban J connectivity index is 2.27. The van der Waals surface area contributed by atoms with E-state index >= 15 is 0 Å². The minimum Gasteiger partial charge on any atom is -0.347 e. The average molecular weight is 315 g/mol. The van der Waals surface area contributed by atoms with E-state index in [4.69, 9.17) is 17.3 Å². The van der Waals surface area contributed by atoms with Crippen LogP contribution in [0.25, 0.3) is 0 Å². The molecule has 6 nitrogen and oxygen atoms in total. The second-order valence-electron chi connectivity index (χ2n) is 4.25. The zero-order valence-electron chi connectivity index (χ0n) is 10.9. The third-order valence-electron chi connectivity index (χ3n) is 2.88. The first kappa shape index (κ1) is 15.0. The van der Waals surface area contributed by atoms with E-state index in [-0.39, 0.29) is 18.0 Å². The van der Waals surface area contributed by atoms with Crippen LogP contribution < -0.4 is 5.73 Å². The standard InChI is InChI=1S/C12H15ClN4O2S/c1-17(8-12-15-4-5-16-12)20(18,19)10-3-2-9(7-14)11(13)6-10/h2-6H,7-8,14H2,1H3,(H,15,16). The first-order valence-corrected chi connectivity index (χ1v) is 7.70. The quantitative estimate of drug-likeness (QED) is 0.871. The number of hydrogen-bond donors (Lipinski definition) is 2. The summed E-state index contributed by atoms with van der Waals surface area (Å²) in [6.45, 7) is 0.424. The highest BCUT2D eigenvalue weighted by Gasteiger charge is 2.22. The van der Waals surface area contributed by atoms with Crippen LogP contribution in [0.2, 0.25) is 5.02 Å². The number of nitrogens with zero attached hydrogens (tertiary/aromatic N) is 2. The molecule has 2 aromatic rings. The van der Waals surface area contributed by atoms with Crippen molar-refractivity contribution < 1.29 is 8.42 Å². The maximum atomic E-state index is 12.4. The van der Waals surface area contributed by atoms with Crippen molar-refractivity contribution in [2.45, 2.75) is 18.0 Å². The molecule has 3 N–H and O–H groups in total. The highest BCUT2D eigenvalue weighted by atomic mass is 35.5. The van der Waals surface area contributed by atoms with E-state index in [0.717, 1.165) is 0 Å². The molecular formula is C12H15ClN4O2S. The molecule has 1 aromatic heterocycles. The Bertz CT molecular complexity index is 685. The van der Waals surface area contributed by atoms with Crippen molar-refractivity contribution in [2.75, 3.05) is 7.05 Å². The summed E-state index contributed by atoms with van der Waals surface area (Å²) in [7, 11) is -2.13. The lowest BCUT2D eigenvalue weighted by atomic mass is 10.2. The Kier molecular flexibility index (Phi) is 4.44. The van der Waals surface area contributed by atoms with Crippen LogP contribution in [0.1, 0.15) is 11.4 Å². The van der Waals surface area contributed by atoms with Crippen LogP contribution in [0.5, 0.6) is 0 Å². The van der Waals surface area contributed by atoms with E-state index in [1.807, 2.05) is 0 Å². The number of aromatic amines is 1. The predicted molar refractivity (Wildman–Crippen MR) is 76.6 cm³/mol. The second kappa shape index (κ2) is 5.92. The third kappa shape index (κ3) is 3.01. The number of benzene rings is 1. The van der Waals surface area contributed by atoms with Crippen LogP contribution in [-0.4, -0.2) is 29.7 Å². The molecule has 108 valence electrons. The van der Waals surface area contributed by atoms with E-state index in [1.54, 1.807) is 18.5 Å². The smallest absolute Gasteiger partial charge is 0.243 e. The van der Waals surface area contributed by atoms with Crippen LogP contribution in [0.3, 0.4) is 0 Å². The highest BCUT2D eigenvalue weighted by molar-refractivity contribution is 7.89. The zero-order valence-corrected chi connectivity index (χ0v) is 12.4. The molecule has 0 amide bonds. The maximum absolute atomic E-state index is 12.4. The molecule has 0 radical (unpaired) electrons. The largest absolute Gasteiger partial charge is 0.347 e. The molecule has 0 spiro atoms. The lowest BCUT2D eigenvalue weighted by molar-refractivity contribution is 0.458. The monoisotopic (exact) mass is 314 g/mol. The Morgan fingerprint density at radius 3 is 2.75 bits per heavy atom. The molecule has 0 aliphatic carbocycles. The number of aromatic nitrogens is 2. The van der Waals surface area contributed by atoms with Gasteiger partial charge in [0.05, 0.1) is 11.4 Å². The number of H-pyrrole nitrogens is 1. The van der Waals surface area contributed by atoms with E-state index < -0.39 is 10.0 Å². The molecule has 0 aliphatic heterocycles. The van der Waals surface area contributed by atoms with E-state index in [2.05, 4.69) is 9.97 Å². The number of rotatable bonds is 5. The number of hydrogen-bond acceptors (Lipinski definition) is 4. The zero-order chi connectivity index (χ0) is 14.8. The Morgan fingerprint density at radius 1 is 1.45 bits per heavy atom. The van der Waals surface area contributed by atoms with E-state index in [9.17, 15) is 8.42 Å². The van der Waals surface area contributed by atoms with Gasteiger partial charge in [0.2, 0.25) is 10.0 Å². The van der Waals surface area contributed by atoms with Crippen molar-refractivity contribution in [1.82, 2.24) is 14.3 Å². The molecule has 1 heterocycles. The van der Waals surface area contributed by atoms with Crippen molar-refractivity contribution in [1.29, 1.82) is 0 Å². The van der Waals surface area contributed by atoms with Crippen LogP contribution in [0.4, 0.5) is 0 Å². The summed E-state index contributed by atoms with van der Waals surface area (Å²) >= 11 is 6.00.